The zero-order valence-electron chi connectivity index (χ0n) is 11.6. The summed E-state index contributed by atoms with van der Waals surface area (Å²) in [5.74, 6) is -1.72. The number of hydrogen-bond acceptors (Lipinski definition) is 6. The summed E-state index contributed by atoms with van der Waals surface area (Å²) < 4.78 is 40.1. The normalized spacial score (nSPS) is 26.7. The van der Waals surface area contributed by atoms with Crippen LogP contribution in [0.5, 0.6) is 0 Å². The highest BCUT2D eigenvalue weighted by Crippen LogP contribution is 2.32. The number of nitrogens with zero attached hydrogens (tertiary/aromatic N) is 4. The molecule has 2 aromatic rings. The fourth-order valence-electron chi connectivity index (χ4n) is 2.74. The number of hydrogen-bond donors (Lipinski definition) is 0. The van der Waals surface area contributed by atoms with Gasteiger partial charge < -0.3 is 9.47 Å². The van der Waals surface area contributed by atoms with Crippen molar-refractivity contribution in [1.82, 2.24) is 19.8 Å². The van der Waals surface area contributed by atoms with Gasteiger partial charge in [-0.1, -0.05) is 0 Å². The van der Waals surface area contributed by atoms with Crippen LogP contribution in [0.25, 0.3) is 5.69 Å². The smallest absolute Gasteiger partial charge is 0.221 e. The molecule has 0 spiro atoms. The van der Waals surface area contributed by atoms with Gasteiger partial charge in [0.05, 0.1) is 12.6 Å². The number of rotatable bonds is 2. The molecule has 120 valence electrons. The van der Waals surface area contributed by atoms with Crippen LogP contribution in [0, 0.1) is 16.4 Å². The monoisotopic (exact) mass is 340 g/mol. The number of benzene rings is 1. The number of aromatic nitrogens is 4. The minimum atomic E-state index is -0.824. The molecule has 0 saturated carbocycles. The van der Waals surface area contributed by atoms with E-state index in [0.29, 0.717) is 0 Å². The second-order valence-corrected chi connectivity index (χ2v) is 5.66. The summed E-state index contributed by atoms with van der Waals surface area (Å²) in [4.78, 5) is 11.9. The van der Waals surface area contributed by atoms with Crippen molar-refractivity contribution in [2.75, 3.05) is 6.61 Å². The molecule has 4 rings (SSSR count). The molecule has 0 aliphatic carbocycles. The van der Waals surface area contributed by atoms with Crippen molar-refractivity contribution in [3.63, 3.8) is 0 Å². The topological polar surface area (TPSA) is 71.2 Å². The molecule has 2 aliphatic heterocycles. The molecule has 2 aliphatic rings. The Kier molecular flexibility index (Phi) is 3.32. The number of halogens is 2. The van der Waals surface area contributed by atoms with Crippen LogP contribution in [0.3, 0.4) is 0 Å². The van der Waals surface area contributed by atoms with Crippen molar-refractivity contribution in [3.05, 3.63) is 34.6 Å². The van der Waals surface area contributed by atoms with E-state index in [-0.39, 0.29) is 35.4 Å². The second kappa shape index (κ2) is 5.25. The zero-order chi connectivity index (χ0) is 16.1. The Morgan fingerprint density at radius 1 is 1.30 bits per heavy atom. The Hall–Kier alpha value is -2.04. The highest BCUT2D eigenvalue weighted by molar-refractivity contribution is 7.71. The molecule has 3 heterocycles. The maximum atomic E-state index is 13.9. The first-order valence-electron chi connectivity index (χ1n) is 6.84. The fourth-order valence-corrected chi connectivity index (χ4v) is 3.04. The van der Waals surface area contributed by atoms with Gasteiger partial charge in [0.25, 0.3) is 0 Å². The molecular formula is C13H10F2N4O3S. The average molecular weight is 340 g/mol. The number of ketones is 1. The van der Waals surface area contributed by atoms with E-state index in [4.69, 9.17) is 21.7 Å². The lowest BCUT2D eigenvalue weighted by atomic mass is 10.0. The summed E-state index contributed by atoms with van der Waals surface area (Å²) in [5, 5.41) is 7.72. The van der Waals surface area contributed by atoms with Crippen molar-refractivity contribution in [3.8, 4) is 5.69 Å². The van der Waals surface area contributed by atoms with E-state index in [2.05, 4.69) is 10.4 Å². The van der Waals surface area contributed by atoms with E-state index in [1.54, 1.807) is 0 Å². The summed E-state index contributed by atoms with van der Waals surface area (Å²) in [6.07, 6.45) is -1.04. The minimum Gasteiger partial charge on any atom is -0.343 e. The van der Waals surface area contributed by atoms with Gasteiger partial charge in [0.2, 0.25) is 11.1 Å². The summed E-state index contributed by atoms with van der Waals surface area (Å²) in [5.41, 5.74) is -0.0220. The van der Waals surface area contributed by atoms with Crippen LogP contribution in [0.1, 0.15) is 12.5 Å². The van der Waals surface area contributed by atoms with E-state index in [9.17, 15) is 13.6 Å². The second-order valence-electron chi connectivity index (χ2n) is 5.29. The van der Waals surface area contributed by atoms with Crippen molar-refractivity contribution in [1.29, 1.82) is 0 Å². The number of carbonyl (C=O) groups excluding carboxylic acids is 1. The molecule has 1 aromatic carbocycles. The molecule has 10 heteroatoms. The number of tetrazole rings is 1. The number of fused-ring (bicyclic) bond motifs is 2. The predicted molar refractivity (Wildman–Crippen MR) is 73.4 cm³/mol. The predicted octanol–water partition coefficient (Wildman–Crippen LogP) is 1.33. The zero-order valence-corrected chi connectivity index (χ0v) is 12.4. The molecule has 0 amide bonds. The Bertz CT molecular complexity index is 852. The first-order valence-corrected chi connectivity index (χ1v) is 7.25. The largest absolute Gasteiger partial charge is 0.343 e. The van der Waals surface area contributed by atoms with Crippen LogP contribution < -0.4 is 0 Å². The SMILES string of the molecule is O=C1C[C@@H](n2nnn(-c3ccc(F)cc3F)c2=S)[C@H]2CO[C@H]1O2. The third kappa shape index (κ3) is 2.30. The molecular weight excluding hydrogens is 330 g/mol. The molecule has 2 bridgehead atoms. The third-order valence-corrected chi connectivity index (χ3v) is 4.23. The molecule has 7 nitrogen and oxygen atoms in total. The first-order chi connectivity index (χ1) is 11.0. The van der Waals surface area contributed by atoms with Crippen molar-refractivity contribution in [2.45, 2.75) is 24.9 Å². The lowest BCUT2D eigenvalue weighted by Crippen LogP contribution is -2.37. The van der Waals surface area contributed by atoms with Gasteiger partial charge in [-0.2, -0.15) is 4.68 Å². The van der Waals surface area contributed by atoms with Crippen molar-refractivity contribution < 1.29 is 23.0 Å². The Morgan fingerprint density at radius 3 is 2.91 bits per heavy atom. The minimum absolute atomic E-state index is 0.0220. The van der Waals surface area contributed by atoms with E-state index >= 15 is 0 Å². The standard InChI is InChI=1S/C13H10F2N4O3S/c14-6-1-2-8(7(15)3-6)18-13(23)19(17-16-18)9-4-10(20)12-21-5-11(9)22-12/h1-3,9,11-12H,4-5H2/t9-,11-,12+/m1/s1. The van der Waals surface area contributed by atoms with Crippen LogP contribution in [0.4, 0.5) is 8.78 Å². The quantitative estimate of drug-likeness (QED) is 0.768. The molecule has 0 unspecified atom stereocenters. The van der Waals surface area contributed by atoms with Gasteiger partial charge in [-0.15, -0.1) is 0 Å². The lowest BCUT2D eigenvalue weighted by Gasteiger charge is -2.25. The van der Waals surface area contributed by atoms with Crippen LogP contribution in [-0.2, 0) is 14.3 Å². The molecule has 2 saturated heterocycles. The summed E-state index contributed by atoms with van der Waals surface area (Å²) in [6.45, 7) is 0.251. The van der Waals surface area contributed by atoms with Crippen molar-refractivity contribution in [2.24, 2.45) is 0 Å². The summed E-state index contributed by atoms with van der Waals surface area (Å²) >= 11 is 5.27. The van der Waals surface area contributed by atoms with E-state index in [1.807, 2.05) is 0 Å². The van der Waals surface area contributed by atoms with E-state index in [1.165, 1.54) is 10.7 Å². The molecule has 2 fully saturated rings. The average Bonchev–Trinajstić information content (AvgIpc) is 3.09. The highest BCUT2D eigenvalue weighted by Gasteiger charge is 2.45. The van der Waals surface area contributed by atoms with Gasteiger partial charge in [0.1, 0.15) is 17.6 Å². The Morgan fingerprint density at radius 2 is 2.13 bits per heavy atom. The third-order valence-electron chi connectivity index (χ3n) is 3.87. The lowest BCUT2D eigenvalue weighted by molar-refractivity contribution is -0.156. The van der Waals surface area contributed by atoms with Crippen LogP contribution in [0.2, 0.25) is 0 Å². The first kappa shape index (κ1) is 14.5. The fraction of sp³-hybridized carbons (Fsp3) is 0.385. The molecule has 0 N–H and O–H groups in total. The van der Waals surface area contributed by atoms with Gasteiger partial charge in [0.15, 0.2) is 11.6 Å². The van der Waals surface area contributed by atoms with Crippen LogP contribution in [-0.4, -0.2) is 44.6 Å². The number of Topliss-reactive ketones (excluding diaryl/α,β-unsaturated/α-hetero) is 1. The van der Waals surface area contributed by atoms with Gasteiger partial charge >= 0.3 is 0 Å². The maximum absolute atomic E-state index is 13.9. The summed E-state index contributed by atoms with van der Waals surface area (Å²) in [6, 6.07) is 2.59. The highest BCUT2D eigenvalue weighted by atomic mass is 32.1. The molecule has 3 atom stereocenters. The maximum Gasteiger partial charge on any atom is 0.221 e. The Balaban J connectivity index is 1.74. The Labute approximate surface area is 133 Å². The van der Waals surface area contributed by atoms with Gasteiger partial charge in [0, 0.05) is 12.5 Å². The van der Waals surface area contributed by atoms with Gasteiger partial charge in [-0.3, -0.25) is 4.79 Å². The van der Waals surface area contributed by atoms with Gasteiger partial charge in [-0.05, 0) is 34.8 Å². The summed E-state index contributed by atoms with van der Waals surface area (Å²) in [7, 11) is 0. The van der Waals surface area contributed by atoms with E-state index in [0.717, 1.165) is 16.8 Å². The van der Waals surface area contributed by atoms with Crippen LogP contribution in [0.15, 0.2) is 18.2 Å². The molecule has 0 radical (unpaired) electrons. The van der Waals surface area contributed by atoms with Crippen molar-refractivity contribution >= 4 is 18.0 Å². The number of carbonyl (C=O) groups is 1. The van der Waals surface area contributed by atoms with Gasteiger partial charge in [-0.25, -0.2) is 13.5 Å². The van der Waals surface area contributed by atoms with E-state index < -0.39 is 24.0 Å². The molecule has 23 heavy (non-hydrogen) atoms. The number of ether oxygens (including phenoxy) is 2. The van der Waals surface area contributed by atoms with Crippen LogP contribution >= 0.6 is 12.2 Å². The molecule has 1 aromatic heterocycles.